The smallest absolute Gasteiger partial charge is 0.269 e. The van der Waals surface area contributed by atoms with Crippen LogP contribution in [0, 0.1) is 16.0 Å². The Balaban J connectivity index is 2.19. The van der Waals surface area contributed by atoms with Crippen LogP contribution in [-0.4, -0.2) is 29.5 Å². The maximum absolute atomic E-state index is 10.9. The van der Waals surface area contributed by atoms with E-state index >= 15 is 0 Å². The summed E-state index contributed by atoms with van der Waals surface area (Å²) < 4.78 is 0. The van der Waals surface area contributed by atoms with E-state index in [0.717, 1.165) is 30.3 Å². The fourth-order valence-corrected chi connectivity index (χ4v) is 2.38. The second-order valence-corrected chi connectivity index (χ2v) is 5.82. The third-order valence-electron chi connectivity index (χ3n) is 3.86. The van der Waals surface area contributed by atoms with E-state index in [0.29, 0.717) is 6.04 Å². The second-order valence-electron chi connectivity index (χ2n) is 5.82. The first-order valence-electron chi connectivity index (χ1n) is 7.20. The Kier molecular flexibility index (Phi) is 4.60. The molecule has 1 aromatic carbocycles. The lowest BCUT2D eigenvalue weighted by atomic mass is 10.1. The molecule has 0 aliphatic heterocycles. The zero-order valence-electron chi connectivity index (χ0n) is 12.4. The summed E-state index contributed by atoms with van der Waals surface area (Å²) in [6, 6.07) is 5.48. The van der Waals surface area contributed by atoms with Gasteiger partial charge in [-0.1, -0.05) is 0 Å². The van der Waals surface area contributed by atoms with Crippen LogP contribution in [-0.2, 0) is 6.54 Å². The van der Waals surface area contributed by atoms with Gasteiger partial charge in [0.25, 0.3) is 5.69 Å². The van der Waals surface area contributed by atoms with Gasteiger partial charge in [0.15, 0.2) is 0 Å². The van der Waals surface area contributed by atoms with Gasteiger partial charge in [0.1, 0.15) is 0 Å². The van der Waals surface area contributed by atoms with Crippen LogP contribution in [0.4, 0.5) is 11.4 Å². The average Bonchev–Trinajstić information content (AvgIpc) is 3.21. The van der Waals surface area contributed by atoms with Crippen molar-refractivity contribution >= 4 is 11.4 Å². The number of nitrogens with one attached hydrogen (secondary N) is 1. The van der Waals surface area contributed by atoms with E-state index in [4.69, 9.17) is 0 Å². The van der Waals surface area contributed by atoms with Crippen molar-refractivity contribution in [2.75, 3.05) is 18.9 Å². The van der Waals surface area contributed by atoms with Crippen molar-refractivity contribution in [1.29, 1.82) is 0 Å². The molecule has 5 heteroatoms. The van der Waals surface area contributed by atoms with E-state index in [1.807, 2.05) is 7.05 Å². The minimum Gasteiger partial charge on any atom is -0.388 e. The van der Waals surface area contributed by atoms with Gasteiger partial charge >= 0.3 is 0 Å². The maximum atomic E-state index is 10.9. The highest BCUT2D eigenvalue weighted by atomic mass is 16.6. The molecular formula is C15H23N3O2. The standard InChI is InChI=1S/C15H23N3O2/c1-11(2)17(9-12-4-5-12)10-13-8-14(18(19)20)6-7-15(13)16-3/h6-8,11-12,16H,4-5,9-10H2,1-3H3. The number of benzene rings is 1. The fourth-order valence-electron chi connectivity index (χ4n) is 2.38. The molecule has 1 fully saturated rings. The van der Waals surface area contributed by atoms with E-state index in [1.54, 1.807) is 18.2 Å². The van der Waals surface area contributed by atoms with Crippen molar-refractivity contribution in [3.8, 4) is 0 Å². The van der Waals surface area contributed by atoms with Crippen LogP contribution in [0.1, 0.15) is 32.3 Å². The Labute approximate surface area is 120 Å². The molecule has 0 amide bonds. The van der Waals surface area contributed by atoms with Crippen LogP contribution < -0.4 is 5.32 Å². The highest BCUT2D eigenvalue weighted by Gasteiger charge is 2.26. The van der Waals surface area contributed by atoms with Gasteiger partial charge in [-0.15, -0.1) is 0 Å². The van der Waals surface area contributed by atoms with Gasteiger partial charge in [-0.2, -0.15) is 0 Å². The van der Waals surface area contributed by atoms with Crippen molar-refractivity contribution in [2.24, 2.45) is 5.92 Å². The highest BCUT2D eigenvalue weighted by molar-refractivity contribution is 5.55. The van der Waals surface area contributed by atoms with Gasteiger partial charge < -0.3 is 5.32 Å². The third-order valence-corrected chi connectivity index (χ3v) is 3.86. The molecule has 0 atom stereocenters. The minimum absolute atomic E-state index is 0.161. The van der Waals surface area contributed by atoms with Gasteiger partial charge in [0.05, 0.1) is 4.92 Å². The topological polar surface area (TPSA) is 58.4 Å². The molecule has 20 heavy (non-hydrogen) atoms. The summed E-state index contributed by atoms with van der Waals surface area (Å²) in [4.78, 5) is 13.0. The third kappa shape index (κ3) is 3.70. The van der Waals surface area contributed by atoms with Crippen LogP contribution >= 0.6 is 0 Å². The summed E-state index contributed by atoms with van der Waals surface area (Å²) in [7, 11) is 1.85. The molecule has 5 nitrogen and oxygen atoms in total. The number of hydrogen-bond acceptors (Lipinski definition) is 4. The summed E-state index contributed by atoms with van der Waals surface area (Å²) >= 11 is 0. The number of nitro benzene ring substituents is 1. The fraction of sp³-hybridized carbons (Fsp3) is 0.600. The largest absolute Gasteiger partial charge is 0.388 e. The number of hydrogen-bond donors (Lipinski definition) is 1. The highest BCUT2D eigenvalue weighted by Crippen LogP contribution is 2.32. The van der Waals surface area contributed by atoms with E-state index in [9.17, 15) is 10.1 Å². The molecule has 0 saturated heterocycles. The molecule has 1 aliphatic carbocycles. The zero-order valence-corrected chi connectivity index (χ0v) is 12.4. The molecule has 0 aromatic heterocycles. The van der Waals surface area contributed by atoms with E-state index in [1.165, 1.54) is 12.8 Å². The van der Waals surface area contributed by atoms with Gasteiger partial charge in [-0.3, -0.25) is 15.0 Å². The van der Waals surface area contributed by atoms with Crippen molar-refractivity contribution in [3.63, 3.8) is 0 Å². The monoisotopic (exact) mass is 277 g/mol. The van der Waals surface area contributed by atoms with Gasteiger partial charge in [0.2, 0.25) is 0 Å². The molecule has 2 rings (SSSR count). The predicted molar refractivity (Wildman–Crippen MR) is 80.9 cm³/mol. The first-order chi connectivity index (χ1) is 9.51. The first-order valence-corrected chi connectivity index (χ1v) is 7.20. The van der Waals surface area contributed by atoms with Crippen LogP contribution in [0.3, 0.4) is 0 Å². The van der Waals surface area contributed by atoms with Gasteiger partial charge in [-0.05, 0) is 44.2 Å². The summed E-state index contributed by atoms with van der Waals surface area (Å²) in [5.74, 6) is 0.814. The average molecular weight is 277 g/mol. The Morgan fingerprint density at radius 3 is 2.65 bits per heavy atom. The Morgan fingerprint density at radius 1 is 1.45 bits per heavy atom. The Hall–Kier alpha value is -1.62. The number of nitro groups is 1. The van der Waals surface area contributed by atoms with Crippen molar-refractivity contribution < 1.29 is 4.92 Å². The Morgan fingerprint density at radius 2 is 2.15 bits per heavy atom. The molecular weight excluding hydrogens is 254 g/mol. The summed E-state index contributed by atoms with van der Waals surface area (Å²) in [5, 5.41) is 14.1. The zero-order chi connectivity index (χ0) is 14.7. The molecule has 0 spiro atoms. The van der Waals surface area contributed by atoms with Crippen LogP contribution in [0.5, 0.6) is 0 Å². The summed E-state index contributed by atoms with van der Waals surface area (Å²) in [6.07, 6.45) is 2.63. The summed E-state index contributed by atoms with van der Waals surface area (Å²) in [5.41, 5.74) is 2.13. The van der Waals surface area contributed by atoms with Crippen molar-refractivity contribution in [3.05, 3.63) is 33.9 Å². The molecule has 110 valence electrons. The number of nitrogens with zero attached hydrogens (tertiary/aromatic N) is 2. The normalized spacial score (nSPS) is 14.8. The lowest BCUT2D eigenvalue weighted by molar-refractivity contribution is -0.384. The van der Waals surface area contributed by atoms with Gasteiger partial charge in [-0.25, -0.2) is 0 Å². The molecule has 1 saturated carbocycles. The number of anilines is 1. The van der Waals surface area contributed by atoms with E-state index in [-0.39, 0.29) is 10.6 Å². The first kappa shape index (κ1) is 14.8. The van der Waals surface area contributed by atoms with Crippen LogP contribution in [0.2, 0.25) is 0 Å². The molecule has 1 aliphatic rings. The van der Waals surface area contributed by atoms with E-state index in [2.05, 4.69) is 24.1 Å². The predicted octanol–water partition coefficient (Wildman–Crippen LogP) is 3.26. The minimum atomic E-state index is -0.330. The molecule has 0 radical (unpaired) electrons. The van der Waals surface area contributed by atoms with E-state index < -0.39 is 0 Å². The SMILES string of the molecule is CNc1ccc([N+](=O)[O-])cc1CN(CC1CC1)C(C)C. The Bertz CT molecular complexity index is 484. The number of rotatable bonds is 7. The maximum Gasteiger partial charge on any atom is 0.269 e. The molecule has 1 N–H and O–H groups in total. The molecule has 0 heterocycles. The summed E-state index contributed by atoms with van der Waals surface area (Å²) in [6.45, 7) is 6.20. The van der Waals surface area contributed by atoms with Crippen LogP contribution in [0.25, 0.3) is 0 Å². The van der Waals surface area contributed by atoms with Crippen molar-refractivity contribution in [1.82, 2.24) is 4.90 Å². The van der Waals surface area contributed by atoms with Gasteiger partial charge in [0, 0.05) is 44.0 Å². The molecule has 1 aromatic rings. The lowest BCUT2D eigenvalue weighted by Crippen LogP contribution is -2.32. The lowest BCUT2D eigenvalue weighted by Gasteiger charge is -2.27. The number of non-ortho nitro benzene ring substituents is 1. The van der Waals surface area contributed by atoms with Crippen LogP contribution in [0.15, 0.2) is 18.2 Å². The molecule has 0 bridgehead atoms. The quantitative estimate of drug-likeness (QED) is 0.614. The molecule has 0 unspecified atom stereocenters. The van der Waals surface area contributed by atoms with Crippen molar-refractivity contribution in [2.45, 2.75) is 39.3 Å². The second kappa shape index (κ2) is 6.22.